The number of hydrogen-bond acceptors (Lipinski definition) is 3. The number of hydrogen-bond donors (Lipinski definition) is 1. The molecule has 2 heterocycles. The molecule has 0 amide bonds. The fraction of sp³-hybridized carbons (Fsp3) is 0.455. The Balaban J connectivity index is 1.72. The second kappa shape index (κ2) is 5.46. The lowest BCUT2D eigenvalue weighted by atomic mass is 10.4. The van der Waals surface area contributed by atoms with Crippen LogP contribution in [0.1, 0.15) is 12.6 Å². The highest BCUT2D eigenvalue weighted by molar-refractivity contribution is 5.06. The molecule has 0 radical (unpaired) electrons. The molecular weight excluding hydrogens is 202 g/mol. The first-order valence-electron chi connectivity index (χ1n) is 5.59. The molecule has 86 valence electrons. The van der Waals surface area contributed by atoms with Crippen LogP contribution in [0.5, 0.6) is 0 Å². The van der Waals surface area contributed by atoms with Gasteiger partial charge in [-0.3, -0.25) is 4.68 Å². The Morgan fingerprint density at radius 2 is 2.31 bits per heavy atom. The van der Waals surface area contributed by atoms with Gasteiger partial charge < -0.3 is 9.88 Å². The van der Waals surface area contributed by atoms with Gasteiger partial charge >= 0.3 is 0 Å². The highest BCUT2D eigenvalue weighted by Crippen LogP contribution is 2.01. The molecule has 0 aliphatic heterocycles. The quantitative estimate of drug-likeness (QED) is 0.734. The smallest absolute Gasteiger partial charge is 0.0692 e. The van der Waals surface area contributed by atoms with Crippen LogP contribution in [0.2, 0.25) is 0 Å². The number of nitrogens with zero attached hydrogens (tertiary/aromatic N) is 4. The molecule has 5 heteroatoms. The van der Waals surface area contributed by atoms with Gasteiger partial charge in [0.1, 0.15) is 0 Å². The summed E-state index contributed by atoms with van der Waals surface area (Å²) in [6.07, 6.45) is 5.67. The van der Waals surface area contributed by atoms with Crippen LogP contribution >= 0.6 is 0 Å². The molecule has 1 N–H and O–H groups in total. The van der Waals surface area contributed by atoms with Crippen molar-refractivity contribution >= 4 is 0 Å². The van der Waals surface area contributed by atoms with Crippen molar-refractivity contribution in [2.24, 2.45) is 0 Å². The Hall–Kier alpha value is -1.62. The summed E-state index contributed by atoms with van der Waals surface area (Å²) in [4.78, 5) is 0. The van der Waals surface area contributed by atoms with Gasteiger partial charge in [0.25, 0.3) is 0 Å². The number of aryl methyl sites for hydroxylation is 1. The SMILES string of the molecule is CCn1cccc1CNCCn1ccnn1. The zero-order valence-corrected chi connectivity index (χ0v) is 9.50. The number of rotatable bonds is 6. The van der Waals surface area contributed by atoms with E-state index in [0.717, 1.165) is 26.2 Å². The van der Waals surface area contributed by atoms with Gasteiger partial charge in [-0.05, 0) is 19.1 Å². The molecule has 0 saturated heterocycles. The lowest BCUT2D eigenvalue weighted by molar-refractivity contribution is 0.530. The van der Waals surface area contributed by atoms with E-state index in [1.165, 1.54) is 5.69 Å². The monoisotopic (exact) mass is 219 g/mol. The summed E-state index contributed by atoms with van der Waals surface area (Å²) in [5, 5.41) is 11.1. The summed E-state index contributed by atoms with van der Waals surface area (Å²) >= 11 is 0. The molecule has 16 heavy (non-hydrogen) atoms. The van der Waals surface area contributed by atoms with Gasteiger partial charge in [-0.2, -0.15) is 0 Å². The van der Waals surface area contributed by atoms with E-state index in [0.29, 0.717) is 0 Å². The van der Waals surface area contributed by atoms with E-state index in [9.17, 15) is 0 Å². The normalized spacial score (nSPS) is 10.8. The first-order valence-corrected chi connectivity index (χ1v) is 5.59. The summed E-state index contributed by atoms with van der Waals surface area (Å²) < 4.78 is 4.06. The standard InChI is InChI=1S/C11H17N5/c1-2-15-7-3-4-11(15)10-12-5-8-16-9-6-13-14-16/h3-4,6-7,9,12H,2,5,8,10H2,1H3. The summed E-state index contributed by atoms with van der Waals surface area (Å²) in [6, 6.07) is 4.23. The third-order valence-corrected chi connectivity index (χ3v) is 2.56. The van der Waals surface area contributed by atoms with Gasteiger partial charge in [0.2, 0.25) is 0 Å². The van der Waals surface area contributed by atoms with Crippen molar-refractivity contribution < 1.29 is 0 Å². The van der Waals surface area contributed by atoms with Gasteiger partial charge in [0.15, 0.2) is 0 Å². The van der Waals surface area contributed by atoms with Gasteiger partial charge in [-0.1, -0.05) is 5.21 Å². The van der Waals surface area contributed by atoms with E-state index >= 15 is 0 Å². The van der Waals surface area contributed by atoms with E-state index in [1.54, 1.807) is 6.20 Å². The zero-order chi connectivity index (χ0) is 11.2. The maximum absolute atomic E-state index is 3.91. The molecule has 0 spiro atoms. The highest BCUT2D eigenvalue weighted by atomic mass is 15.4. The third kappa shape index (κ3) is 2.70. The van der Waals surface area contributed by atoms with Crippen LogP contribution in [0.4, 0.5) is 0 Å². The second-order valence-electron chi connectivity index (χ2n) is 3.63. The molecule has 0 fully saturated rings. The van der Waals surface area contributed by atoms with E-state index < -0.39 is 0 Å². The van der Waals surface area contributed by atoms with Crippen molar-refractivity contribution in [3.05, 3.63) is 36.4 Å². The molecule has 2 aromatic rings. The molecule has 5 nitrogen and oxygen atoms in total. The molecule has 2 aromatic heterocycles. The second-order valence-corrected chi connectivity index (χ2v) is 3.63. The van der Waals surface area contributed by atoms with E-state index in [4.69, 9.17) is 0 Å². The van der Waals surface area contributed by atoms with Gasteiger partial charge in [0.05, 0.1) is 12.7 Å². The van der Waals surface area contributed by atoms with Crippen molar-refractivity contribution in [3.63, 3.8) is 0 Å². The van der Waals surface area contributed by atoms with Crippen molar-refractivity contribution in [1.29, 1.82) is 0 Å². The van der Waals surface area contributed by atoms with E-state index in [-0.39, 0.29) is 0 Å². The Morgan fingerprint density at radius 1 is 1.38 bits per heavy atom. The predicted molar refractivity (Wildman–Crippen MR) is 61.8 cm³/mol. The van der Waals surface area contributed by atoms with Crippen LogP contribution in [0.15, 0.2) is 30.7 Å². The van der Waals surface area contributed by atoms with Crippen LogP contribution in [0, 0.1) is 0 Å². The largest absolute Gasteiger partial charge is 0.351 e. The van der Waals surface area contributed by atoms with Gasteiger partial charge in [-0.25, -0.2) is 0 Å². The minimum absolute atomic E-state index is 0.854. The van der Waals surface area contributed by atoms with Gasteiger partial charge in [-0.15, -0.1) is 5.10 Å². The zero-order valence-electron chi connectivity index (χ0n) is 9.50. The molecule has 0 unspecified atom stereocenters. The Morgan fingerprint density at radius 3 is 3.06 bits per heavy atom. The van der Waals surface area contributed by atoms with Crippen LogP contribution in [0.3, 0.4) is 0 Å². The predicted octanol–water partition coefficient (Wildman–Crippen LogP) is 0.889. The Kier molecular flexibility index (Phi) is 3.71. The number of nitrogens with one attached hydrogen (secondary N) is 1. The lowest BCUT2D eigenvalue weighted by Crippen LogP contribution is -2.21. The number of aromatic nitrogens is 4. The molecular formula is C11H17N5. The lowest BCUT2D eigenvalue weighted by Gasteiger charge is -2.07. The van der Waals surface area contributed by atoms with Crippen LogP contribution in [-0.4, -0.2) is 26.1 Å². The minimum Gasteiger partial charge on any atom is -0.351 e. The fourth-order valence-electron chi connectivity index (χ4n) is 1.68. The maximum atomic E-state index is 3.91. The summed E-state index contributed by atoms with van der Waals surface area (Å²) in [5.41, 5.74) is 1.32. The molecule has 0 bridgehead atoms. The summed E-state index contributed by atoms with van der Waals surface area (Å²) in [6.45, 7) is 5.83. The van der Waals surface area contributed by atoms with Crippen LogP contribution in [0.25, 0.3) is 0 Å². The summed E-state index contributed by atoms with van der Waals surface area (Å²) in [7, 11) is 0. The minimum atomic E-state index is 0.854. The highest BCUT2D eigenvalue weighted by Gasteiger charge is 1.98. The molecule has 2 rings (SSSR count). The molecule has 0 aliphatic rings. The Bertz CT molecular complexity index is 404. The van der Waals surface area contributed by atoms with Crippen molar-refractivity contribution in [3.8, 4) is 0 Å². The first kappa shape index (κ1) is 10.9. The topological polar surface area (TPSA) is 47.7 Å². The van der Waals surface area contributed by atoms with E-state index in [1.807, 2.05) is 10.9 Å². The molecule has 0 aromatic carbocycles. The van der Waals surface area contributed by atoms with Crippen molar-refractivity contribution in [2.45, 2.75) is 26.6 Å². The third-order valence-electron chi connectivity index (χ3n) is 2.56. The summed E-state index contributed by atoms with van der Waals surface area (Å²) in [5.74, 6) is 0. The first-order chi connectivity index (χ1) is 7.90. The fourth-order valence-corrected chi connectivity index (χ4v) is 1.68. The van der Waals surface area contributed by atoms with Crippen molar-refractivity contribution in [2.75, 3.05) is 6.54 Å². The molecule has 0 atom stereocenters. The Labute approximate surface area is 95.1 Å². The van der Waals surface area contributed by atoms with Crippen LogP contribution in [-0.2, 0) is 19.6 Å². The molecule has 0 saturated carbocycles. The van der Waals surface area contributed by atoms with Crippen LogP contribution < -0.4 is 5.32 Å². The maximum Gasteiger partial charge on any atom is 0.0692 e. The van der Waals surface area contributed by atoms with Gasteiger partial charge in [0, 0.05) is 37.7 Å². The average molecular weight is 219 g/mol. The average Bonchev–Trinajstić information content (AvgIpc) is 2.95. The van der Waals surface area contributed by atoms with Crippen molar-refractivity contribution in [1.82, 2.24) is 24.9 Å². The molecule has 0 aliphatic carbocycles. The van der Waals surface area contributed by atoms with E-state index in [2.05, 4.69) is 45.4 Å².